The molecular formula is C25H25Ti-5. The van der Waals surface area contributed by atoms with E-state index in [1.54, 1.807) is 0 Å². The van der Waals surface area contributed by atoms with Gasteiger partial charge in [0.2, 0.25) is 0 Å². The van der Waals surface area contributed by atoms with Crippen molar-refractivity contribution in [1.82, 2.24) is 0 Å². The summed E-state index contributed by atoms with van der Waals surface area (Å²) < 4.78 is 0. The number of hydrogen-bond acceptors (Lipinski definition) is 0. The first-order valence-corrected chi connectivity index (χ1v) is 8.59. The zero-order valence-corrected chi connectivity index (χ0v) is 16.8. The fraction of sp³-hybridized carbons (Fsp3) is 0.200. The maximum atomic E-state index is 2.99. The van der Waals surface area contributed by atoms with E-state index in [4.69, 9.17) is 0 Å². The summed E-state index contributed by atoms with van der Waals surface area (Å²) in [7, 11) is 0. The minimum atomic E-state index is 0. The molecule has 26 heavy (non-hydrogen) atoms. The molecule has 0 radical (unpaired) electrons. The predicted molar refractivity (Wildman–Crippen MR) is 108 cm³/mol. The summed E-state index contributed by atoms with van der Waals surface area (Å²) in [6, 6.07) is 0. The zero-order chi connectivity index (χ0) is 17.7. The predicted octanol–water partition coefficient (Wildman–Crippen LogP) is 6.53. The van der Waals surface area contributed by atoms with Crippen LogP contribution in [0.2, 0.25) is 0 Å². The normalized spacial score (nSPS) is 16.9. The molecule has 0 aromatic rings. The largest absolute Gasteiger partial charge is 0.273 e. The van der Waals surface area contributed by atoms with Gasteiger partial charge in [-0.1, -0.05) is 0 Å². The summed E-state index contributed by atoms with van der Waals surface area (Å²) >= 11 is 0. The van der Waals surface area contributed by atoms with Crippen LogP contribution in [0.1, 0.15) is 32.1 Å². The van der Waals surface area contributed by atoms with Gasteiger partial charge in [-0.25, -0.2) is 60.8 Å². The zero-order valence-electron chi connectivity index (χ0n) is 15.2. The molecule has 0 heterocycles. The third kappa shape index (κ3) is 18.5. The Kier molecular flexibility index (Phi) is 19.6. The average Bonchev–Trinajstić information content (AvgIpc) is 3.55. The first kappa shape index (κ1) is 24.1. The molecule has 0 saturated heterocycles. The standard InChI is InChI=1S/5C5H5.Ti/c5*1-2-4-5-3-1;/h5*1-3H,4H2;/q5*-1;. The summed E-state index contributed by atoms with van der Waals surface area (Å²) in [6.07, 6.45) is 50.0. The first-order chi connectivity index (χ1) is 12.5. The quantitative estimate of drug-likeness (QED) is 0.335. The molecule has 0 fully saturated rings. The number of allylic oxidation sites excluding steroid dienone is 20. The van der Waals surface area contributed by atoms with Crippen molar-refractivity contribution in [2.45, 2.75) is 32.1 Å². The van der Waals surface area contributed by atoms with Gasteiger partial charge in [0.25, 0.3) is 0 Å². The van der Waals surface area contributed by atoms with Crippen LogP contribution in [0.25, 0.3) is 0 Å². The van der Waals surface area contributed by atoms with Gasteiger partial charge in [-0.15, -0.1) is 32.1 Å². The number of hydrogen-bond donors (Lipinski definition) is 0. The van der Waals surface area contributed by atoms with Crippen LogP contribution in [0.15, 0.2) is 91.1 Å². The summed E-state index contributed by atoms with van der Waals surface area (Å²) in [5.74, 6) is 0. The maximum absolute atomic E-state index is 2.99. The monoisotopic (exact) mass is 373 g/mol. The van der Waals surface area contributed by atoms with Gasteiger partial charge in [-0.3, -0.25) is 30.4 Å². The molecule has 0 nitrogen and oxygen atoms in total. The molecule has 0 aromatic heterocycles. The Morgan fingerprint density at radius 1 is 0.346 bits per heavy atom. The van der Waals surface area contributed by atoms with Crippen molar-refractivity contribution in [1.29, 1.82) is 0 Å². The molecular weight excluding hydrogens is 348 g/mol. The van der Waals surface area contributed by atoms with Crippen LogP contribution in [0, 0.1) is 30.4 Å². The van der Waals surface area contributed by atoms with E-state index in [1.165, 1.54) is 0 Å². The van der Waals surface area contributed by atoms with Crippen LogP contribution in [-0.4, -0.2) is 0 Å². The molecule has 0 unspecified atom stereocenters. The Labute approximate surface area is 175 Å². The van der Waals surface area contributed by atoms with Crippen molar-refractivity contribution in [3.05, 3.63) is 122 Å². The van der Waals surface area contributed by atoms with Crippen LogP contribution in [-0.2, 0) is 21.7 Å². The van der Waals surface area contributed by atoms with Gasteiger partial charge in [0, 0.05) is 21.7 Å². The van der Waals surface area contributed by atoms with E-state index in [2.05, 4.69) is 60.8 Å². The van der Waals surface area contributed by atoms with Gasteiger partial charge in [0.15, 0.2) is 0 Å². The van der Waals surface area contributed by atoms with Crippen LogP contribution in [0.3, 0.4) is 0 Å². The van der Waals surface area contributed by atoms with Crippen molar-refractivity contribution in [2.75, 3.05) is 0 Å². The smallest absolute Gasteiger partial charge is 0 e. The van der Waals surface area contributed by atoms with E-state index in [1.807, 2.05) is 60.8 Å². The van der Waals surface area contributed by atoms with Gasteiger partial charge in [-0.2, -0.15) is 30.4 Å². The Morgan fingerprint density at radius 3 is 0.577 bits per heavy atom. The topological polar surface area (TPSA) is 0 Å². The number of rotatable bonds is 0. The van der Waals surface area contributed by atoms with E-state index in [9.17, 15) is 0 Å². The second kappa shape index (κ2) is 21.2. The second-order valence-electron chi connectivity index (χ2n) is 5.02. The first-order valence-electron chi connectivity index (χ1n) is 8.59. The molecule has 0 aromatic carbocycles. The Morgan fingerprint density at radius 2 is 0.538 bits per heavy atom. The summed E-state index contributed by atoms with van der Waals surface area (Å²) in [4.78, 5) is 0. The SMILES string of the molecule is [C-]1=CC=CC1.[C-]1=CC=CC1.[C-]1=CC=CC1.[C-]1=CC=CC1.[C-]1=CC=CC1.[Ti]. The molecule has 0 amide bonds. The summed E-state index contributed by atoms with van der Waals surface area (Å²) in [5.41, 5.74) is 0. The van der Waals surface area contributed by atoms with E-state index in [0.717, 1.165) is 32.1 Å². The van der Waals surface area contributed by atoms with Gasteiger partial charge in [-0.05, 0) is 0 Å². The molecule has 5 aliphatic carbocycles. The van der Waals surface area contributed by atoms with Crippen LogP contribution >= 0.6 is 0 Å². The van der Waals surface area contributed by atoms with E-state index >= 15 is 0 Å². The van der Waals surface area contributed by atoms with Crippen molar-refractivity contribution in [3.63, 3.8) is 0 Å². The van der Waals surface area contributed by atoms with Gasteiger partial charge >= 0.3 is 0 Å². The van der Waals surface area contributed by atoms with Crippen molar-refractivity contribution < 1.29 is 21.7 Å². The van der Waals surface area contributed by atoms with Crippen LogP contribution < -0.4 is 0 Å². The van der Waals surface area contributed by atoms with E-state index < -0.39 is 0 Å². The van der Waals surface area contributed by atoms with Crippen molar-refractivity contribution in [3.8, 4) is 0 Å². The molecule has 5 aliphatic rings. The molecule has 0 saturated carbocycles. The molecule has 0 bridgehead atoms. The minimum Gasteiger partial charge on any atom is -0.273 e. The molecule has 1 heteroatoms. The van der Waals surface area contributed by atoms with Gasteiger partial charge in [0.05, 0.1) is 0 Å². The molecule has 0 spiro atoms. The Bertz CT molecular complexity index is 424. The molecule has 0 atom stereocenters. The molecule has 0 N–H and O–H groups in total. The Balaban J connectivity index is 0.000000298. The molecule has 0 aliphatic heterocycles. The molecule has 134 valence electrons. The molecule has 5 rings (SSSR count). The van der Waals surface area contributed by atoms with E-state index in [-0.39, 0.29) is 21.7 Å². The summed E-state index contributed by atoms with van der Waals surface area (Å²) in [6.45, 7) is 0. The fourth-order valence-electron chi connectivity index (χ4n) is 1.70. The van der Waals surface area contributed by atoms with E-state index in [0.29, 0.717) is 0 Å². The van der Waals surface area contributed by atoms with Gasteiger partial charge < -0.3 is 0 Å². The third-order valence-corrected chi connectivity index (χ3v) is 2.93. The van der Waals surface area contributed by atoms with Crippen molar-refractivity contribution >= 4 is 0 Å². The second-order valence-corrected chi connectivity index (χ2v) is 5.02. The minimum absolute atomic E-state index is 0. The summed E-state index contributed by atoms with van der Waals surface area (Å²) in [5, 5.41) is 0. The fourth-order valence-corrected chi connectivity index (χ4v) is 1.70. The Hall–Kier alpha value is -1.89. The maximum Gasteiger partial charge on any atom is 0 e. The third-order valence-electron chi connectivity index (χ3n) is 2.93. The average molecular weight is 373 g/mol. The van der Waals surface area contributed by atoms with Crippen LogP contribution in [0.4, 0.5) is 0 Å². The van der Waals surface area contributed by atoms with Crippen molar-refractivity contribution in [2.24, 2.45) is 0 Å². The van der Waals surface area contributed by atoms with Crippen LogP contribution in [0.5, 0.6) is 0 Å². The van der Waals surface area contributed by atoms with Gasteiger partial charge in [0.1, 0.15) is 0 Å².